The van der Waals surface area contributed by atoms with Crippen LogP contribution in [0.3, 0.4) is 0 Å². The van der Waals surface area contributed by atoms with E-state index in [0.29, 0.717) is 42.8 Å². The highest BCUT2D eigenvalue weighted by atomic mass is 35.5. The van der Waals surface area contributed by atoms with Gasteiger partial charge in [-0.25, -0.2) is 4.98 Å². The van der Waals surface area contributed by atoms with Crippen LogP contribution in [0, 0.1) is 0 Å². The Morgan fingerprint density at radius 3 is 2.75 bits per heavy atom. The molecule has 1 saturated heterocycles. The Hall–Kier alpha value is -1.36. The van der Waals surface area contributed by atoms with Gasteiger partial charge in [0.15, 0.2) is 0 Å². The molecule has 0 spiro atoms. The number of nitrogens with zero attached hydrogens (tertiary/aromatic N) is 3. The normalized spacial score (nSPS) is 16.4. The standard InChI is InChI=1S/C10H12ClN3O2/c1-16-9-8(11)6-12-10(13-9)14-4-2-7(15)3-5-14/h6H,2-5H2,1H3. The molecule has 0 aliphatic carbocycles. The quantitative estimate of drug-likeness (QED) is 0.781. The van der Waals surface area contributed by atoms with Gasteiger partial charge in [-0.1, -0.05) is 11.6 Å². The van der Waals surface area contributed by atoms with E-state index in [4.69, 9.17) is 16.3 Å². The second kappa shape index (κ2) is 4.65. The number of halogens is 1. The molecule has 6 heteroatoms. The number of carbonyl (C=O) groups excluding carboxylic acids is 1. The van der Waals surface area contributed by atoms with Crippen LogP contribution >= 0.6 is 11.6 Å². The van der Waals surface area contributed by atoms with Gasteiger partial charge in [0.05, 0.1) is 13.3 Å². The van der Waals surface area contributed by atoms with Gasteiger partial charge < -0.3 is 9.64 Å². The minimum Gasteiger partial charge on any atom is -0.480 e. The molecule has 0 radical (unpaired) electrons. The van der Waals surface area contributed by atoms with Crippen LogP contribution in [0.2, 0.25) is 5.02 Å². The van der Waals surface area contributed by atoms with Crippen molar-refractivity contribution in [2.24, 2.45) is 0 Å². The zero-order valence-corrected chi connectivity index (χ0v) is 9.70. The molecule has 1 aromatic rings. The summed E-state index contributed by atoms with van der Waals surface area (Å²) in [6.07, 6.45) is 2.61. The summed E-state index contributed by atoms with van der Waals surface area (Å²) in [5.74, 6) is 1.22. The third kappa shape index (κ3) is 2.24. The largest absolute Gasteiger partial charge is 0.480 e. The number of ether oxygens (including phenoxy) is 1. The van der Waals surface area contributed by atoms with Crippen molar-refractivity contribution in [3.05, 3.63) is 11.2 Å². The van der Waals surface area contributed by atoms with E-state index < -0.39 is 0 Å². The number of ketones is 1. The molecule has 0 aromatic carbocycles. The maximum Gasteiger partial charge on any atom is 0.237 e. The summed E-state index contributed by atoms with van der Waals surface area (Å²) < 4.78 is 5.02. The first-order valence-electron chi connectivity index (χ1n) is 5.04. The molecule has 0 atom stereocenters. The summed E-state index contributed by atoms with van der Waals surface area (Å²) in [7, 11) is 1.51. The second-order valence-corrected chi connectivity index (χ2v) is 3.96. The maximum absolute atomic E-state index is 11.1. The monoisotopic (exact) mass is 241 g/mol. The van der Waals surface area contributed by atoms with E-state index in [1.54, 1.807) is 0 Å². The van der Waals surface area contributed by atoms with Gasteiger partial charge in [0.2, 0.25) is 11.8 Å². The first-order valence-corrected chi connectivity index (χ1v) is 5.41. The highest BCUT2D eigenvalue weighted by molar-refractivity contribution is 6.31. The fourth-order valence-electron chi connectivity index (χ4n) is 1.59. The highest BCUT2D eigenvalue weighted by Gasteiger charge is 2.19. The van der Waals surface area contributed by atoms with E-state index in [0.717, 1.165) is 0 Å². The van der Waals surface area contributed by atoms with E-state index in [1.807, 2.05) is 4.90 Å². The number of methoxy groups -OCH3 is 1. The van der Waals surface area contributed by atoms with Crippen LogP contribution < -0.4 is 9.64 Å². The highest BCUT2D eigenvalue weighted by Crippen LogP contribution is 2.23. The molecule has 0 N–H and O–H groups in total. The molecule has 1 aromatic heterocycles. The molecule has 5 nitrogen and oxygen atoms in total. The number of Topliss-reactive ketones (excluding diaryl/α,β-unsaturated/α-hetero) is 1. The molecule has 2 rings (SSSR count). The van der Waals surface area contributed by atoms with Crippen molar-refractivity contribution in [3.8, 4) is 5.88 Å². The Labute approximate surface area is 98.4 Å². The molecule has 16 heavy (non-hydrogen) atoms. The molecular weight excluding hydrogens is 230 g/mol. The molecule has 86 valence electrons. The van der Waals surface area contributed by atoms with Crippen molar-refractivity contribution in [2.75, 3.05) is 25.1 Å². The summed E-state index contributed by atoms with van der Waals surface area (Å²) in [5.41, 5.74) is 0. The van der Waals surface area contributed by atoms with Gasteiger partial charge in [-0.15, -0.1) is 0 Å². The number of anilines is 1. The summed E-state index contributed by atoms with van der Waals surface area (Å²) in [6, 6.07) is 0. The maximum atomic E-state index is 11.1. The van der Waals surface area contributed by atoms with Crippen LogP contribution in [0.15, 0.2) is 6.20 Å². The molecule has 0 saturated carbocycles. The van der Waals surface area contributed by atoms with Gasteiger partial charge in [-0.2, -0.15) is 4.98 Å². The predicted molar refractivity (Wildman–Crippen MR) is 60.0 cm³/mol. The fraction of sp³-hybridized carbons (Fsp3) is 0.500. The molecule has 0 unspecified atom stereocenters. The SMILES string of the molecule is COc1nc(N2CCC(=O)CC2)ncc1Cl. The van der Waals surface area contributed by atoms with Crippen LogP contribution in [0.5, 0.6) is 5.88 Å². The van der Waals surface area contributed by atoms with Crippen LogP contribution in [0.4, 0.5) is 5.95 Å². The van der Waals surface area contributed by atoms with Crippen LogP contribution in [0.1, 0.15) is 12.8 Å². The van der Waals surface area contributed by atoms with Crippen molar-refractivity contribution in [1.82, 2.24) is 9.97 Å². The number of piperidine rings is 1. The summed E-state index contributed by atoms with van der Waals surface area (Å²) in [4.78, 5) is 21.4. The van der Waals surface area contributed by atoms with E-state index >= 15 is 0 Å². The molecule has 1 aliphatic heterocycles. The lowest BCUT2D eigenvalue weighted by Crippen LogP contribution is -2.34. The number of aromatic nitrogens is 2. The van der Waals surface area contributed by atoms with E-state index in [1.165, 1.54) is 13.3 Å². The van der Waals surface area contributed by atoms with Gasteiger partial charge in [-0.3, -0.25) is 4.79 Å². The van der Waals surface area contributed by atoms with E-state index in [2.05, 4.69) is 9.97 Å². The summed E-state index contributed by atoms with van der Waals surface area (Å²) in [5, 5.41) is 0.388. The van der Waals surface area contributed by atoms with Crippen molar-refractivity contribution in [1.29, 1.82) is 0 Å². The lowest BCUT2D eigenvalue weighted by atomic mass is 10.1. The van der Waals surface area contributed by atoms with Crippen LogP contribution in [-0.2, 0) is 4.79 Å². The van der Waals surface area contributed by atoms with Crippen LogP contribution in [0.25, 0.3) is 0 Å². The Bertz CT molecular complexity index is 401. The van der Waals surface area contributed by atoms with Gasteiger partial charge in [0.25, 0.3) is 0 Å². The third-order valence-corrected chi connectivity index (χ3v) is 2.76. The Balaban J connectivity index is 2.17. The molecule has 1 fully saturated rings. The Morgan fingerprint density at radius 2 is 2.12 bits per heavy atom. The Morgan fingerprint density at radius 1 is 1.44 bits per heavy atom. The number of carbonyl (C=O) groups is 1. The summed E-state index contributed by atoms with van der Waals surface area (Å²) >= 11 is 5.84. The molecule has 0 bridgehead atoms. The van der Waals surface area contributed by atoms with Crippen molar-refractivity contribution in [2.45, 2.75) is 12.8 Å². The number of hydrogen-bond donors (Lipinski definition) is 0. The zero-order valence-electron chi connectivity index (χ0n) is 8.94. The molecular formula is C10H12ClN3O2. The van der Waals surface area contributed by atoms with Crippen molar-refractivity contribution in [3.63, 3.8) is 0 Å². The van der Waals surface area contributed by atoms with Crippen LogP contribution in [-0.4, -0.2) is 36.0 Å². The molecule has 1 aliphatic rings. The molecule has 2 heterocycles. The van der Waals surface area contributed by atoms with E-state index in [-0.39, 0.29) is 5.78 Å². The fourth-order valence-corrected chi connectivity index (χ4v) is 1.76. The Kier molecular flexibility index (Phi) is 3.24. The number of hydrogen-bond acceptors (Lipinski definition) is 5. The summed E-state index contributed by atoms with van der Waals surface area (Å²) in [6.45, 7) is 1.31. The first-order chi connectivity index (χ1) is 7.70. The molecule has 0 amide bonds. The second-order valence-electron chi connectivity index (χ2n) is 3.55. The van der Waals surface area contributed by atoms with E-state index in [9.17, 15) is 4.79 Å². The van der Waals surface area contributed by atoms with Gasteiger partial charge >= 0.3 is 0 Å². The van der Waals surface area contributed by atoms with Gasteiger partial charge in [-0.05, 0) is 0 Å². The van der Waals surface area contributed by atoms with Crippen molar-refractivity contribution < 1.29 is 9.53 Å². The average molecular weight is 242 g/mol. The number of rotatable bonds is 2. The minimum absolute atomic E-state index is 0.289. The topological polar surface area (TPSA) is 55.3 Å². The average Bonchev–Trinajstić information content (AvgIpc) is 2.31. The first kappa shape index (κ1) is 11.1. The smallest absolute Gasteiger partial charge is 0.237 e. The van der Waals surface area contributed by atoms with Gasteiger partial charge in [0, 0.05) is 25.9 Å². The van der Waals surface area contributed by atoms with Gasteiger partial charge in [0.1, 0.15) is 10.8 Å². The van der Waals surface area contributed by atoms with Crippen molar-refractivity contribution >= 4 is 23.3 Å². The lowest BCUT2D eigenvalue weighted by Gasteiger charge is -2.25. The minimum atomic E-state index is 0.289. The zero-order chi connectivity index (χ0) is 11.5. The lowest BCUT2D eigenvalue weighted by molar-refractivity contribution is -0.119. The third-order valence-electron chi connectivity index (χ3n) is 2.50. The predicted octanol–water partition coefficient (Wildman–Crippen LogP) is 1.31.